The van der Waals surface area contributed by atoms with Gasteiger partial charge in [0.25, 0.3) is 11.6 Å². The summed E-state index contributed by atoms with van der Waals surface area (Å²) >= 11 is 6.77. The molecule has 3 aromatic heterocycles. The zero-order valence-electron chi connectivity index (χ0n) is 25.5. The number of halogens is 3. The van der Waals surface area contributed by atoms with Gasteiger partial charge in [-0.25, -0.2) is 8.78 Å². The van der Waals surface area contributed by atoms with Crippen LogP contribution in [0.3, 0.4) is 0 Å². The summed E-state index contributed by atoms with van der Waals surface area (Å²) in [4.78, 5) is 26.5. The maximum absolute atomic E-state index is 16.5. The van der Waals surface area contributed by atoms with Crippen molar-refractivity contribution in [2.45, 2.75) is 62.8 Å². The van der Waals surface area contributed by atoms with Crippen molar-refractivity contribution in [1.82, 2.24) is 35.4 Å². The number of aliphatic hydroxyl groups excluding tert-OH is 1. The predicted molar refractivity (Wildman–Crippen MR) is 170 cm³/mol. The molecular weight excluding hydrogens is 620 g/mol. The summed E-state index contributed by atoms with van der Waals surface area (Å²) in [6.07, 6.45) is 6.51. The van der Waals surface area contributed by atoms with Crippen molar-refractivity contribution in [3.05, 3.63) is 45.2 Å². The Kier molecular flexibility index (Phi) is 8.94. The molecule has 0 unspecified atom stereocenters. The predicted octanol–water partition coefficient (Wildman–Crippen LogP) is 3.92. The Balaban J connectivity index is 1.13. The highest BCUT2D eigenvalue weighted by Gasteiger charge is 2.49. The Morgan fingerprint density at radius 3 is 2.98 bits per heavy atom. The summed E-state index contributed by atoms with van der Waals surface area (Å²) in [6, 6.07) is 1.65. The Morgan fingerprint density at radius 1 is 1.22 bits per heavy atom. The van der Waals surface area contributed by atoms with Gasteiger partial charge in [0.1, 0.15) is 24.0 Å². The highest BCUT2D eigenvalue weighted by molar-refractivity contribution is 6.33. The van der Waals surface area contributed by atoms with E-state index in [2.05, 4.69) is 35.4 Å². The molecule has 0 spiro atoms. The van der Waals surface area contributed by atoms with Crippen LogP contribution in [0.15, 0.2) is 23.3 Å². The summed E-state index contributed by atoms with van der Waals surface area (Å²) in [5, 5.41) is 21.2. The normalized spacial score (nSPS) is 25.1. The van der Waals surface area contributed by atoms with Crippen molar-refractivity contribution >= 4 is 33.4 Å². The Hall–Kier alpha value is -3.23. The number of piperidine rings is 1. The van der Waals surface area contributed by atoms with Gasteiger partial charge in [-0.15, -0.1) is 0 Å². The molecule has 0 radical (unpaired) electrons. The monoisotopic (exact) mass is 657 g/mol. The number of alkyl halides is 1. The number of aliphatic hydroxyl groups is 1. The average molecular weight is 658 g/mol. The van der Waals surface area contributed by atoms with Gasteiger partial charge in [-0.2, -0.15) is 10.1 Å². The van der Waals surface area contributed by atoms with Gasteiger partial charge in [0.05, 0.1) is 35.3 Å². The first-order valence-corrected chi connectivity index (χ1v) is 16.4. The van der Waals surface area contributed by atoms with Crippen molar-refractivity contribution in [2.24, 2.45) is 5.92 Å². The van der Waals surface area contributed by atoms with Gasteiger partial charge in [0.2, 0.25) is 0 Å². The second kappa shape index (κ2) is 13.1. The fourth-order valence-corrected chi connectivity index (χ4v) is 7.74. The summed E-state index contributed by atoms with van der Waals surface area (Å²) in [7, 11) is 0. The molecule has 3 fully saturated rings. The molecule has 0 aliphatic carbocycles. The van der Waals surface area contributed by atoms with E-state index in [-0.39, 0.29) is 41.2 Å². The van der Waals surface area contributed by atoms with Gasteiger partial charge in [0, 0.05) is 54.8 Å². The van der Waals surface area contributed by atoms with Gasteiger partial charge in [-0.05, 0) is 62.6 Å². The first kappa shape index (κ1) is 31.4. The quantitative estimate of drug-likeness (QED) is 0.177. The van der Waals surface area contributed by atoms with Crippen molar-refractivity contribution in [2.75, 3.05) is 46.0 Å². The van der Waals surface area contributed by atoms with E-state index in [1.165, 1.54) is 6.20 Å². The summed E-state index contributed by atoms with van der Waals surface area (Å²) in [5.74, 6) is -0.485. The molecule has 0 amide bonds. The van der Waals surface area contributed by atoms with Crippen molar-refractivity contribution in [3.63, 3.8) is 0 Å². The molecular formula is C32H38ClF2N7O4. The van der Waals surface area contributed by atoms with Crippen LogP contribution in [0, 0.1) is 11.7 Å². The number of β-amino-alcohol motifs (C(OH)–C–C–N with tert-alkyl or cyclic N) is 1. The molecule has 46 heavy (non-hydrogen) atoms. The molecule has 11 nitrogen and oxygen atoms in total. The lowest BCUT2D eigenvalue weighted by Gasteiger charge is -2.30. The van der Waals surface area contributed by atoms with Crippen LogP contribution in [0.1, 0.15) is 44.1 Å². The zero-order chi connectivity index (χ0) is 31.8. The molecule has 3 aliphatic rings. The number of unbranched alkanes of at least 4 members (excludes halogenated alkanes) is 1. The van der Waals surface area contributed by atoms with Crippen LogP contribution in [-0.4, -0.2) is 99.0 Å². The lowest BCUT2D eigenvalue weighted by molar-refractivity contribution is 0.0487. The van der Waals surface area contributed by atoms with Crippen LogP contribution in [-0.2, 0) is 11.2 Å². The molecule has 1 aromatic carbocycles. The molecule has 14 heteroatoms. The van der Waals surface area contributed by atoms with E-state index in [0.717, 1.165) is 45.2 Å². The number of H-pyrrole nitrogens is 2. The Bertz CT molecular complexity index is 1790. The molecule has 3 aliphatic heterocycles. The molecule has 246 valence electrons. The fraction of sp³-hybridized carbons (Fsp3) is 0.562. The van der Waals surface area contributed by atoms with Crippen LogP contribution >= 0.6 is 11.6 Å². The fourth-order valence-electron chi connectivity index (χ4n) is 7.45. The van der Waals surface area contributed by atoms with E-state index < -0.39 is 23.1 Å². The van der Waals surface area contributed by atoms with Crippen LogP contribution in [0.5, 0.6) is 6.01 Å². The van der Waals surface area contributed by atoms with Crippen LogP contribution in [0.25, 0.3) is 33.1 Å². The lowest BCUT2D eigenvalue weighted by atomic mass is 9.95. The molecule has 6 heterocycles. The van der Waals surface area contributed by atoms with Crippen LogP contribution in [0.4, 0.5) is 8.78 Å². The minimum atomic E-state index is -0.924. The third-order valence-electron chi connectivity index (χ3n) is 9.68. The maximum Gasteiger partial charge on any atom is 0.297 e. The van der Waals surface area contributed by atoms with Gasteiger partial charge >= 0.3 is 0 Å². The smallest absolute Gasteiger partial charge is 0.297 e. The highest BCUT2D eigenvalue weighted by Crippen LogP contribution is 2.41. The summed E-state index contributed by atoms with van der Waals surface area (Å²) in [6.45, 7) is 3.91. The molecule has 0 bridgehead atoms. The molecule has 0 saturated carbocycles. The van der Waals surface area contributed by atoms with E-state index in [4.69, 9.17) is 21.1 Å². The highest BCUT2D eigenvalue weighted by atomic mass is 35.5. The number of nitrogens with one attached hydrogen (secondary N) is 3. The Morgan fingerprint density at radius 2 is 2.11 bits per heavy atom. The number of ether oxygens (including phenoxy) is 2. The average Bonchev–Trinajstić information content (AvgIpc) is 3.73. The maximum atomic E-state index is 16.5. The Labute approximate surface area is 269 Å². The van der Waals surface area contributed by atoms with E-state index in [9.17, 15) is 14.3 Å². The summed E-state index contributed by atoms with van der Waals surface area (Å²) < 4.78 is 42.5. The van der Waals surface area contributed by atoms with Crippen LogP contribution < -0.4 is 15.6 Å². The van der Waals surface area contributed by atoms with Gasteiger partial charge in [-0.1, -0.05) is 11.6 Å². The second-order valence-corrected chi connectivity index (χ2v) is 13.3. The number of pyridine rings is 1. The number of hydrogen-bond donors (Lipinski definition) is 4. The first-order valence-electron chi connectivity index (χ1n) is 16.0. The molecule has 4 N–H and O–H groups in total. The molecule has 7 rings (SSSR count). The third kappa shape index (κ3) is 6.11. The van der Waals surface area contributed by atoms with Crippen molar-refractivity contribution < 1.29 is 23.4 Å². The largest absolute Gasteiger partial charge is 0.463 e. The second-order valence-electron chi connectivity index (χ2n) is 12.9. The minimum Gasteiger partial charge on any atom is -0.463 e. The summed E-state index contributed by atoms with van der Waals surface area (Å²) in [5.41, 5.74) is 0.648. The molecule has 3 saturated heterocycles. The van der Waals surface area contributed by atoms with E-state index in [1.54, 1.807) is 12.3 Å². The SMILES string of the molecule is O=c1[nH]c(OC[C@@]23CCCN2C[C@H](F)C3)nc2c(F)c(-c3c(CCCCOC[C@@H]4CNC[C@@H](O)C4)c(Cl)cc4[nH]ncc34)ncc12. The van der Waals surface area contributed by atoms with Crippen LogP contribution in [0.2, 0.25) is 5.02 Å². The standard InChI is InChI=1S/C32H38ClF2N7O4/c33-24-9-25-22(14-38-41-25)26(21(24)4-1-2-7-45-16-18-8-20(43)12-36-11-18)29-27(35)28-23(13-37-29)30(44)40-31(39-28)46-17-32-5-3-6-42(32)15-19(34)10-32/h9,13-14,18-20,36,43H,1-8,10-12,15-17H2,(H,38,41)(H,39,40,44)/t18-,19+,20-,32-/m0/s1. The first-order chi connectivity index (χ1) is 22.3. The zero-order valence-corrected chi connectivity index (χ0v) is 26.2. The number of hydrogen-bond acceptors (Lipinski definition) is 9. The number of nitrogens with zero attached hydrogens (tertiary/aromatic N) is 4. The van der Waals surface area contributed by atoms with Gasteiger partial charge in [0.15, 0.2) is 5.82 Å². The van der Waals surface area contributed by atoms with Crippen molar-refractivity contribution in [1.29, 1.82) is 0 Å². The van der Waals surface area contributed by atoms with Gasteiger partial charge in [-0.3, -0.25) is 24.8 Å². The molecule has 4 aromatic rings. The molecule has 4 atom stereocenters. The number of aromatic nitrogens is 5. The number of fused-ring (bicyclic) bond motifs is 3. The number of rotatable bonds is 11. The lowest BCUT2D eigenvalue weighted by Crippen LogP contribution is -2.43. The minimum absolute atomic E-state index is 0.0104. The number of benzene rings is 1. The van der Waals surface area contributed by atoms with Crippen molar-refractivity contribution in [3.8, 4) is 17.3 Å². The van der Waals surface area contributed by atoms with E-state index in [0.29, 0.717) is 66.2 Å². The topological polar surface area (TPSA) is 141 Å². The van der Waals surface area contributed by atoms with E-state index >= 15 is 4.39 Å². The van der Waals surface area contributed by atoms with E-state index in [1.807, 2.05) is 0 Å². The number of aromatic amines is 2. The van der Waals surface area contributed by atoms with Gasteiger partial charge < -0.3 is 19.9 Å². The third-order valence-corrected chi connectivity index (χ3v) is 10.0.